The van der Waals surface area contributed by atoms with E-state index in [1.807, 2.05) is 0 Å². The molecule has 2 aromatic carbocycles. The number of carbonyl (C=O) groups excluding carboxylic acids is 2. The van der Waals surface area contributed by atoms with Crippen LogP contribution in [0.15, 0.2) is 36.4 Å². The molecule has 0 unspecified atom stereocenters. The van der Waals surface area contributed by atoms with E-state index in [2.05, 4.69) is 5.32 Å². The first-order valence-corrected chi connectivity index (χ1v) is 9.26. The number of carbonyl (C=O) groups is 2. The van der Waals surface area contributed by atoms with E-state index < -0.39 is 30.2 Å². The van der Waals surface area contributed by atoms with E-state index in [1.54, 1.807) is 13.8 Å². The van der Waals surface area contributed by atoms with E-state index in [9.17, 15) is 22.8 Å². The molecule has 162 valence electrons. The Morgan fingerprint density at radius 2 is 1.67 bits per heavy atom. The molecule has 2 aromatic rings. The number of halogens is 4. The van der Waals surface area contributed by atoms with Gasteiger partial charge in [0.2, 0.25) is 0 Å². The fourth-order valence-corrected chi connectivity index (χ4v) is 2.54. The van der Waals surface area contributed by atoms with Crippen LogP contribution in [0.25, 0.3) is 0 Å². The fourth-order valence-electron chi connectivity index (χ4n) is 2.38. The number of benzene rings is 2. The highest BCUT2D eigenvalue weighted by molar-refractivity contribution is 6.33. The maximum absolute atomic E-state index is 12.8. The fraction of sp³-hybridized carbons (Fsp3) is 0.300. The molecule has 0 aliphatic rings. The van der Waals surface area contributed by atoms with Gasteiger partial charge < -0.3 is 19.5 Å². The first-order chi connectivity index (χ1) is 14.2. The standard InChI is InChI=1S/C20H19ClF3NO5/c1-3-28-16-8-5-12(9-17(16)29-4-2)19(27)30-11-18(26)25-15-10-13(20(22,23)24)6-7-14(15)21/h5-10H,3-4,11H2,1-2H3,(H,25,26). The molecule has 1 amide bonds. The van der Waals surface area contributed by atoms with Crippen molar-refractivity contribution in [1.29, 1.82) is 0 Å². The monoisotopic (exact) mass is 445 g/mol. The highest BCUT2D eigenvalue weighted by Crippen LogP contribution is 2.34. The Labute approximate surface area is 175 Å². The SMILES string of the molecule is CCOc1ccc(C(=O)OCC(=O)Nc2cc(C(F)(F)F)ccc2Cl)cc1OCC. The number of nitrogens with one attached hydrogen (secondary N) is 1. The molecule has 1 N–H and O–H groups in total. The molecule has 0 heterocycles. The Bertz CT molecular complexity index is 918. The number of anilines is 1. The highest BCUT2D eigenvalue weighted by Gasteiger charge is 2.31. The Balaban J connectivity index is 2.03. The van der Waals surface area contributed by atoms with Crippen LogP contribution in [-0.2, 0) is 15.7 Å². The average Bonchev–Trinajstić information content (AvgIpc) is 2.68. The van der Waals surface area contributed by atoms with Crippen molar-refractivity contribution in [3.8, 4) is 11.5 Å². The van der Waals surface area contributed by atoms with E-state index in [0.29, 0.717) is 30.8 Å². The summed E-state index contributed by atoms with van der Waals surface area (Å²) in [6.07, 6.45) is -4.59. The molecule has 0 aliphatic heterocycles. The molecule has 0 atom stereocenters. The number of alkyl halides is 3. The predicted molar refractivity (Wildman–Crippen MR) is 104 cm³/mol. The summed E-state index contributed by atoms with van der Waals surface area (Å²) in [5, 5.41) is 2.11. The summed E-state index contributed by atoms with van der Waals surface area (Å²) in [6.45, 7) is 3.60. The number of hydrogen-bond acceptors (Lipinski definition) is 5. The van der Waals surface area contributed by atoms with Crippen molar-refractivity contribution in [2.75, 3.05) is 25.1 Å². The molecule has 0 aliphatic carbocycles. The van der Waals surface area contributed by atoms with Gasteiger partial charge in [-0.15, -0.1) is 0 Å². The molecule has 6 nitrogen and oxygen atoms in total. The van der Waals surface area contributed by atoms with Crippen molar-refractivity contribution in [3.05, 3.63) is 52.5 Å². The van der Waals surface area contributed by atoms with Gasteiger partial charge >= 0.3 is 12.1 Å². The van der Waals surface area contributed by atoms with Gasteiger partial charge in [0.25, 0.3) is 5.91 Å². The third-order valence-electron chi connectivity index (χ3n) is 3.68. The molecule has 30 heavy (non-hydrogen) atoms. The molecule has 0 aromatic heterocycles. The zero-order chi connectivity index (χ0) is 22.3. The van der Waals surface area contributed by atoms with Crippen LogP contribution in [-0.4, -0.2) is 31.7 Å². The summed E-state index contributed by atoms with van der Waals surface area (Å²) in [7, 11) is 0. The van der Waals surface area contributed by atoms with Crippen molar-refractivity contribution in [2.24, 2.45) is 0 Å². The molecule has 0 radical (unpaired) electrons. The number of hydrogen-bond donors (Lipinski definition) is 1. The predicted octanol–water partition coefficient (Wildman–Crippen LogP) is 4.95. The van der Waals surface area contributed by atoms with Gasteiger partial charge in [0.1, 0.15) is 0 Å². The Kier molecular flexibility index (Phi) is 7.93. The van der Waals surface area contributed by atoms with Gasteiger partial charge in [0, 0.05) is 0 Å². The van der Waals surface area contributed by atoms with Gasteiger partial charge in [0.05, 0.1) is 35.1 Å². The maximum Gasteiger partial charge on any atom is 0.416 e. The summed E-state index contributed by atoms with van der Waals surface area (Å²) >= 11 is 5.82. The molecular weight excluding hydrogens is 427 g/mol. The number of ether oxygens (including phenoxy) is 3. The van der Waals surface area contributed by atoms with Crippen LogP contribution >= 0.6 is 11.6 Å². The van der Waals surface area contributed by atoms with Crippen molar-refractivity contribution < 1.29 is 37.0 Å². The van der Waals surface area contributed by atoms with Crippen LogP contribution in [0.4, 0.5) is 18.9 Å². The lowest BCUT2D eigenvalue weighted by Crippen LogP contribution is -2.21. The van der Waals surface area contributed by atoms with E-state index in [4.69, 9.17) is 25.8 Å². The summed E-state index contributed by atoms with van der Waals surface area (Å²) in [4.78, 5) is 24.2. The first kappa shape index (κ1) is 23.3. The molecule has 0 bridgehead atoms. The zero-order valence-corrected chi connectivity index (χ0v) is 16.9. The van der Waals surface area contributed by atoms with Crippen molar-refractivity contribution in [1.82, 2.24) is 0 Å². The molecule has 0 saturated heterocycles. The van der Waals surface area contributed by atoms with E-state index >= 15 is 0 Å². The zero-order valence-electron chi connectivity index (χ0n) is 16.1. The Hall–Kier alpha value is -2.94. The minimum atomic E-state index is -4.59. The molecule has 0 saturated carbocycles. The van der Waals surface area contributed by atoms with Crippen molar-refractivity contribution in [2.45, 2.75) is 20.0 Å². The van der Waals surface area contributed by atoms with Crippen LogP contribution in [0.2, 0.25) is 5.02 Å². The Morgan fingerprint density at radius 1 is 1.00 bits per heavy atom. The molecule has 2 rings (SSSR count). The van der Waals surface area contributed by atoms with Gasteiger partial charge in [-0.3, -0.25) is 4.79 Å². The minimum Gasteiger partial charge on any atom is -0.490 e. The van der Waals surface area contributed by atoms with Crippen molar-refractivity contribution in [3.63, 3.8) is 0 Å². The minimum absolute atomic E-state index is 0.0875. The summed E-state index contributed by atoms with van der Waals surface area (Å²) < 4.78 is 54.1. The van der Waals surface area contributed by atoms with Crippen LogP contribution in [0.5, 0.6) is 11.5 Å². The van der Waals surface area contributed by atoms with Crippen molar-refractivity contribution >= 4 is 29.2 Å². The maximum atomic E-state index is 12.8. The second-order valence-electron chi connectivity index (χ2n) is 5.84. The van der Waals surface area contributed by atoms with Gasteiger partial charge in [-0.2, -0.15) is 13.2 Å². The normalized spacial score (nSPS) is 11.0. The molecular formula is C20H19ClF3NO5. The molecule has 0 spiro atoms. The lowest BCUT2D eigenvalue weighted by atomic mass is 10.2. The van der Waals surface area contributed by atoms with Gasteiger partial charge in [-0.1, -0.05) is 11.6 Å². The third kappa shape index (κ3) is 6.28. The Morgan fingerprint density at radius 3 is 2.30 bits per heavy atom. The van der Waals surface area contributed by atoms with E-state index in [0.717, 1.165) is 12.1 Å². The lowest BCUT2D eigenvalue weighted by Gasteiger charge is -2.13. The average molecular weight is 446 g/mol. The number of rotatable bonds is 8. The van der Waals surface area contributed by atoms with Crippen LogP contribution in [0.1, 0.15) is 29.8 Å². The van der Waals surface area contributed by atoms with Gasteiger partial charge in [-0.05, 0) is 50.2 Å². The van der Waals surface area contributed by atoms with Crippen LogP contribution in [0.3, 0.4) is 0 Å². The second-order valence-corrected chi connectivity index (χ2v) is 6.25. The molecule has 10 heteroatoms. The van der Waals surface area contributed by atoms with E-state index in [1.165, 1.54) is 18.2 Å². The summed E-state index contributed by atoms with van der Waals surface area (Å²) in [5.74, 6) is -0.869. The topological polar surface area (TPSA) is 73.9 Å². The summed E-state index contributed by atoms with van der Waals surface area (Å²) in [5.41, 5.74) is -1.10. The van der Waals surface area contributed by atoms with E-state index in [-0.39, 0.29) is 16.3 Å². The van der Waals surface area contributed by atoms with Crippen LogP contribution < -0.4 is 14.8 Å². The lowest BCUT2D eigenvalue weighted by molar-refractivity contribution is -0.137. The van der Waals surface area contributed by atoms with Gasteiger partial charge in [0.15, 0.2) is 18.1 Å². The highest BCUT2D eigenvalue weighted by atomic mass is 35.5. The van der Waals surface area contributed by atoms with Gasteiger partial charge in [-0.25, -0.2) is 4.79 Å². The third-order valence-corrected chi connectivity index (χ3v) is 4.01. The number of esters is 1. The first-order valence-electron chi connectivity index (χ1n) is 8.89. The quantitative estimate of drug-likeness (QED) is 0.582. The smallest absolute Gasteiger partial charge is 0.416 e. The largest absolute Gasteiger partial charge is 0.490 e. The molecule has 0 fully saturated rings. The summed E-state index contributed by atoms with van der Waals surface area (Å²) in [6, 6.07) is 6.90. The second kappa shape index (κ2) is 10.2. The number of amides is 1. The van der Waals surface area contributed by atoms with Crippen LogP contribution in [0, 0.1) is 0 Å².